The molecule has 0 N–H and O–H groups in total. The Kier molecular flexibility index (Phi) is 14.1. The van der Waals surface area contributed by atoms with Gasteiger partial charge in [0.05, 0.1) is 0 Å². The molecule has 103 valence electrons. The van der Waals surface area contributed by atoms with E-state index in [2.05, 4.69) is 20.8 Å². The van der Waals surface area contributed by atoms with Gasteiger partial charge in [-0.25, -0.2) is 0 Å². The fraction of sp³-hybridized carbons (Fsp3) is 0.941. The molecule has 0 aromatic rings. The van der Waals surface area contributed by atoms with Crippen molar-refractivity contribution in [3.8, 4) is 0 Å². The molecule has 0 bridgehead atoms. The van der Waals surface area contributed by atoms with Gasteiger partial charge in [-0.05, 0) is 5.92 Å². The van der Waals surface area contributed by atoms with Crippen LogP contribution in [0.4, 0.5) is 0 Å². The smallest absolute Gasteiger partial charge is 0.0414 e. The summed E-state index contributed by atoms with van der Waals surface area (Å²) >= 11 is 0. The Bertz CT molecular complexity index is 116. The van der Waals surface area contributed by atoms with Crippen LogP contribution in [0.5, 0.6) is 0 Å². The highest BCUT2D eigenvalue weighted by Gasteiger charge is 2.07. The van der Waals surface area contributed by atoms with Crippen LogP contribution in [-0.2, 0) is 0 Å². The van der Waals surface area contributed by atoms with Crippen molar-refractivity contribution < 1.29 is 0 Å². The topological polar surface area (TPSA) is 0 Å². The fourth-order valence-electron chi connectivity index (χ4n) is 2.57. The Labute approximate surface area is 111 Å². The first-order chi connectivity index (χ1) is 8.35. The zero-order valence-electron chi connectivity index (χ0n) is 12.5. The standard InChI is InChI=1S/C17H35/c1-4-7-10-12-15-17(14-9-6-3)16-13-11-8-5-2/h17H,1,4-16H2,2-3H3. The molecule has 0 amide bonds. The predicted molar refractivity (Wildman–Crippen MR) is 80.2 cm³/mol. The summed E-state index contributed by atoms with van der Waals surface area (Å²) in [5.74, 6) is 1.02. The molecule has 0 aromatic carbocycles. The highest BCUT2D eigenvalue weighted by molar-refractivity contribution is 4.61. The summed E-state index contributed by atoms with van der Waals surface area (Å²) < 4.78 is 0. The van der Waals surface area contributed by atoms with Crippen LogP contribution in [0.25, 0.3) is 0 Å². The van der Waals surface area contributed by atoms with Gasteiger partial charge in [0, 0.05) is 0 Å². The lowest BCUT2D eigenvalue weighted by molar-refractivity contribution is 0.373. The zero-order valence-corrected chi connectivity index (χ0v) is 12.5. The minimum Gasteiger partial charge on any atom is -0.0654 e. The molecular weight excluding hydrogens is 204 g/mol. The van der Waals surface area contributed by atoms with Gasteiger partial charge in [0.1, 0.15) is 0 Å². The Balaban J connectivity index is 3.56. The van der Waals surface area contributed by atoms with E-state index in [0.717, 1.165) is 12.3 Å². The molecule has 0 saturated heterocycles. The van der Waals surface area contributed by atoms with E-state index >= 15 is 0 Å². The van der Waals surface area contributed by atoms with Crippen molar-refractivity contribution in [3.05, 3.63) is 6.92 Å². The van der Waals surface area contributed by atoms with Crippen LogP contribution >= 0.6 is 0 Å². The number of unbranched alkanes of at least 4 members (excludes halogenated alkanes) is 7. The molecule has 1 unspecified atom stereocenters. The summed E-state index contributed by atoms with van der Waals surface area (Å²) in [5, 5.41) is 0. The molecule has 0 aromatic heterocycles. The van der Waals surface area contributed by atoms with Crippen molar-refractivity contribution >= 4 is 0 Å². The van der Waals surface area contributed by atoms with Gasteiger partial charge < -0.3 is 0 Å². The molecule has 0 fully saturated rings. The van der Waals surface area contributed by atoms with E-state index in [-0.39, 0.29) is 0 Å². The molecule has 1 radical (unpaired) electrons. The predicted octanol–water partition coefficient (Wildman–Crippen LogP) is 6.55. The second-order valence-corrected chi connectivity index (χ2v) is 5.56. The molecule has 0 heterocycles. The van der Waals surface area contributed by atoms with Gasteiger partial charge in [0.2, 0.25) is 0 Å². The highest BCUT2D eigenvalue weighted by Crippen LogP contribution is 2.23. The number of rotatable bonds is 13. The van der Waals surface area contributed by atoms with E-state index in [4.69, 9.17) is 0 Å². The monoisotopic (exact) mass is 239 g/mol. The van der Waals surface area contributed by atoms with Crippen LogP contribution in [0.2, 0.25) is 0 Å². The van der Waals surface area contributed by atoms with Gasteiger partial charge in [-0.3, -0.25) is 0 Å². The first kappa shape index (κ1) is 17.0. The van der Waals surface area contributed by atoms with E-state index in [1.165, 1.54) is 77.0 Å². The molecule has 0 saturated carbocycles. The SMILES string of the molecule is [CH2]CCCCCC(CCCC)CCCCCC. The Hall–Kier alpha value is 0. The molecule has 0 nitrogen and oxygen atoms in total. The molecular formula is C17H35. The van der Waals surface area contributed by atoms with Crippen molar-refractivity contribution in [2.45, 2.75) is 97.3 Å². The lowest BCUT2D eigenvalue weighted by Crippen LogP contribution is -2.01. The second kappa shape index (κ2) is 14.1. The van der Waals surface area contributed by atoms with Crippen molar-refractivity contribution in [3.63, 3.8) is 0 Å². The lowest BCUT2D eigenvalue weighted by Gasteiger charge is -2.16. The Morgan fingerprint density at radius 1 is 0.647 bits per heavy atom. The first-order valence-electron chi connectivity index (χ1n) is 8.14. The van der Waals surface area contributed by atoms with Gasteiger partial charge in [-0.1, -0.05) is 104 Å². The molecule has 0 aliphatic heterocycles. The van der Waals surface area contributed by atoms with Gasteiger partial charge in [0.15, 0.2) is 0 Å². The van der Waals surface area contributed by atoms with Gasteiger partial charge in [0.25, 0.3) is 0 Å². The lowest BCUT2D eigenvalue weighted by atomic mass is 9.90. The first-order valence-corrected chi connectivity index (χ1v) is 8.14. The van der Waals surface area contributed by atoms with Crippen molar-refractivity contribution in [1.29, 1.82) is 0 Å². The molecule has 0 heteroatoms. The highest BCUT2D eigenvalue weighted by atomic mass is 14.1. The molecule has 1 atom stereocenters. The Morgan fingerprint density at radius 2 is 1.18 bits per heavy atom. The molecule has 0 rings (SSSR count). The summed E-state index contributed by atoms with van der Waals surface area (Å²) in [4.78, 5) is 0. The van der Waals surface area contributed by atoms with Crippen molar-refractivity contribution in [1.82, 2.24) is 0 Å². The largest absolute Gasteiger partial charge is 0.0654 e. The van der Waals surface area contributed by atoms with E-state index in [1.807, 2.05) is 0 Å². The second-order valence-electron chi connectivity index (χ2n) is 5.56. The van der Waals surface area contributed by atoms with Crippen LogP contribution in [-0.4, -0.2) is 0 Å². The average Bonchev–Trinajstić information content (AvgIpc) is 2.35. The summed E-state index contributed by atoms with van der Waals surface area (Å²) in [7, 11) is 0. The maximum atomic E-state index is 3.92. The van der Waals surface area contributed by atoms with Crippen LogP contribution in [0.3, 0.4) is 0 Å². The quantitative estimate of drug-likeness (QED) is 0.320. The zero-order chi connectivity index (χ0) is 12.8. The minimum atomic E-state index is 1.02. The minimum absolute atomic E-state index is 1.02. The third kappa shape index (κ3) is 12.2. The van der Waals surface area contributed by atoms with Gasteiger partial charge >= 0.3 is 0 Å². The Morgan fingerprint density at radius 3 is 1.71 bits per heavy atom. The maximum absolute atomic E-state index is 3.92. The van der Waals surface area contributed by atoms with Crippen LogP contribution in [0, 0.1) is 12.8 Å². The normalized spacial score (nSPS) is 11.3. The summed E-state index contributed by atoms with van der Waals surface area (Å²) in [5.41, 5.74) is 0. The van der Waals surface area contributed by atoms with Crippen LogP contribution in [0.1, 0.15) is 97.3 Å². The molecule has 0 aliphatic carbocycles. The van der Waals surface area contributed by atoms with Gasteiger partial charge in [-0.15, -0.1) is 0 Å². The van der Waals surface area contributed by atoms with Crippen LogP contribution in [0.15, 0.2) is 0 Å². The number of hydrogen-bond acceptors (Lipinski definition) is 0. The maximum Gasteiger partial charge on any atom is -0.0414 e. The molecule has 0 spiro atoms. The van der Waals surface area contributed by atoms with E-state index in [9.17, 15) is 0 Å². The van der Waals surface area contributed by atoms with E-state index in [0.29, 0.717) is 0 Å². The molecule has 17 heavy (non-hydrogen) atoms. The molecule has 0 aliphatic rings. The van der Waals surface area contributed by atoms with Gasteiger partial charge in [-0.2, -0.15) is 0 Å². The number of hydrogen-bond donors (Lipinski definition) is 0. The summed E-state index contributed by atoms with van der Waals surface area (Å²) in [6.45, 7) is 8.54. The average molecular weight is 239 g/mol. The third-order valence-electron chi connectivity index (χ3n) is 3.79. The third-order valence-corrected chi connectivity index (χ3v) is 3.79. The fourth-order valence-corrected chi connectivity index (χ4v) is 2.57. The van der Waals surface area contributed by atoms with Crippen molar-refractivity contribution in [2.24, 2.45) is 5.92 Å². The van der Waals surface area contributed by atoms with E-state index in [1.54, 1.807) is 0 Å². The van der Waals surface area contributed by atoms with Crippen LogP contribution < -0.4 is 0 Å². The van der Waals surface area contributed by atoms with Crippen molar-refractivity contribution in [2.75, 3.05) is 0 Å². The summed E-state index contributed by atoms with van der Waals surface area (Å²) in [6, 6.07) is 0. The van der Waals surface area contributed by atoms with E-state index < -0.39 is 0 Å². The summed E-state index contributed by atoms with van der Waals surface area (Å²) in [6.07, 6.45) is 18.3.